The molecular formula is C52H34N2O. The van der Waals surface area contributed by atoms with Crippen LogP contribution in [0.2, 0.25) is 0 Å². The molecule has 0 N–H and O–H groups in total. The van der Waals surface area contributed by atoms with Crippen molar-refractivity contribution in [2.45, 2.75) is 0 Å². The second-order valence-corrected chi connectivity index (χ2v) is 14.1. The zero-order valence-corrected chi connectivity index (χ0v) is 29.9. The minimum Gasteiger partial charge on any atom is -0.455 e. The highest BCUT2D eigenvalue weighted by Gasteiger charge is 2.17. The smallest absolute Gasteiger partial charge is 0.143 e. The van der Waals surface area contributed by atoms with Crippen molar-refractivity contribution in [3.05, 3.63) is 206 Å². The fourth-order valence-electron chi connectivity index (χ4n) is 8.40. The van der Waals surface area contributed by atoms with Crippen LogP contribution in [0, 0.1) is 0 Å². The lowest BCUT2D eigenvalue weighted by Gasteiger charge is -2.26. The first-order valence-electron chi connectivity index (χ1n) is 18.8. The van der Waals surface area contributed by atoms with Gasteiger partial charge in [-0.2, -0.15) is 0 Å². The average molecular weight is 703 g/mol. The van der Waals surface area contributed by atoms with E-state index >= 15 is 0 Å². The number of para-hydroxylation sites is 4. The first-order chi connectivity index (χ1) is 27.3. The van der Waals surface area contributed by atoms with Crippen LogP contribution in [0.1, 0.15) is 0 Å². The lowest BCUT2D eigenvalue weighted by atomic mass is 10.0. The van der Waals surface area contributed by atoms with Crippen LogP contribution in [-0.2, 0) is 0 Å². The van der Waals surface area contributed by atoms with Gasteiger partial charge in [-0.3, -0.25) is 0 Å². The molecule has 11 aromatic rings. The molecule has 0 aliphatic rings. The predicted molar refractivity (Wildman–Crippen MR) is 231 cm³/mol. The monoisotopic (exact) mass is 702 g/mol. The van der Waals surface area contributed by atoms with E-state index in [1.165, 1.54) is 38.3 Å². The van der Waals surface area contributed by atoms with Gasteiger partial charge < -0.3 is 13.9 Å². The molecule has 9 aromatic carbocycles. The molecule has 55 heavy (non-hydrogen) atoms. The van der Waals surface area contributed by atoms with Gasteiger partial charge in [0.1, 0.15) is 11.2 Å². The Balaban J connectivity index is 0.958. The fraction of sp³-hybridized carbons (Fsp3) is 0. The lowest BCUT2D eigenvalue weighted by Crippen LogP contribution is -2.09. The molecule has 0 amide bonds. The summed E-state index contributed by atoms with van der Waals surface area (Å²) in [7, 11) is 0. The van der Waals surface area contributed by atoms with E-state index in [9.17, 15) is 0 Å². The van der Waals surface area contributed by atoms with E-state index in [-0.39, 0.29) is 0 Å². The van der Waals surface area contributed by atoms with E-state index in [0.717, 1.165) is 61.2 Å². The Morgan fingerprint density at radius 1 is 0.364 bits per heavy atom. The quantitative estimate of drug-likeness (QED) is 0.172. The molecule has 2 heterocycles. The number of anilines is 3. The second kappa shape index (κ2) is 12.6. The Morgan fingerprint density at radius 2 is 0.909 bits per heavy atom. The highest BCUT2D eigenvalue weighted by molar-refractivity contribution is 6.15. The van der Waals surface area contributed by atoms with E-state index in [1.807, 2.05) is 0 Å². The SMILES string of the molecule is c1ccc(N(c2ccc(-c3ccc4c(c3)oc3c5ccccc5ccc43)cc2)c2ccc(-c3ccccc3-n3c4ccccc4c4ccccc43)cc2)cc1. The highest BCUT2D eigenvalue weighted by Crippen LogP contribution is 2.40. The highest BCUT2D eigenvalue weighted by atomic mass is 16.3. The number of benzene rings is 9. The summed E-state index contributed by atoms with van der Waals surface area (Å²) < 4.78 is 8.91. The van der Waals surface area contributed by atoms with Crippen LogP contribution in [0.3, 0.4) is 0 Å². The van der Waals surface area contributed by atoms with Crippen molar-refractivity contribution in [3.8, 4) is 27.9 Å². The molecule has 0 unspecified atom stereocenters. The number of aromatic nitrogens is 1. The van der Waals surface area contributed by atoms with Crippen molar-refractivity contribution in [3.63, 3.8) is 0 Å². The molecule has 0 aliphatic carbocycles. The summed E-state index contributed by atoms with van der Waals surface area (Å²) in [6, 6.07) is 73.8. The number of rotatable bonds is 6. The Labute approximate surface area is 318 Å². The molecule has 0 spiro atoms. The molecule has 3 nitrogen and oxygen atoms in total. The Kier molecular flexibility index (Phi) is 7.17. The molecule has 11 rings (SSSR count). The van der Waals surface area contributed by atoms with Gasteiger partial charge in [0.05, 0.1) is 16.7 Å². The predicted octanol–water partition coefficient (Wildman–Crippen LogP) is 14.6. The van der Waals surface area contributed by atoms with Crippen molar-refractivity contribution >= 4 is 71.6 Å². The minimum atomic E-state index is 0.902. The molecule has 0 saturated heterocycles. The van der Waals surface area contributed by atoms with Gasteiger partial charge in [0.25, 0.3) is 0 Å². The number of fused-ring (bicyclic) bond motifs is 8. The Hall–Kier alpha value is -7.36. The first-order valence-corrected chi connectivity index (χ1v) is 18.8. The van der Waals surface area contributed by atoms with Crippen LogP contribution in [-0.4, -0.2) is 4.57 Å². The third kappa shape index (κ3) is 5.13. The molecule has 2 aromatic heterocycles. The van der Waals surface area contributed by atoms with Gasteiger partial charge in [-0.05, 0) is 94.9 Å². The molecule has 3 heteroatoms. The normalized spacial score (nSPS) is 11.6. The summed E-state index contributed by atoms with van der Waals surface area (Å²) in [6.07, 6.45) is 0. The van der Waals surface area contributed by atoms with E-state index in [0.29, 0.717) is 0 Å². The molecule has 0 atom stereocenters. The zero-order chi connectivity index (χ0) is 36.3. The standard InChI is InChI=1S/C52H34N2O/c1-2-13-39(14-3-1)53(40-28-22-35(23-29-40)38-27-32-46-47-33-26-36-12-4-5-16-43(36)52(47)55-51(46)34-38)41-30-24-37(25-31-41)42-15-6-9-19-48(42)54-49-20-10-7-17-44(49)45-18-8-11-21-50(45)54/h1-34H. The molecule has 0 fully saturated rings. The van der Waals surface area contributed by atoms with Crippen molar-refractivity contribution in [1.29, 1.82) is 0 Å². The first kappa shape index (κ1) is 31.2. The van der Waals surface area contributed by atoms with Crippen LogP contribution in [0.5, 0.6) is 0 Å². The maximum absolute atomic E-state index is 6.50. The molecular weight excluding hydrogens is 669 g/mol. The number of hydrogen-bond acceptors (Lipinski definition) is 2. The van der Waals surface area contributed by atoms with E-state index in [1.54, 1.807) is 0 Å². The Bertz CT molecular complexity index is 3140. The largest absolute Gasteiger partial charge is 0.455 e. The van der Waals surface area contributed by atoms with E-state index in [4.69, 9.17) is 4.42 Å². The summed E-state index contributed by atoms with van der Waals surface area (Å²) in [6.45, 7) is 0. The third-order valence-corrected chi connectivity index (χ3v) is 11.0. The number of furan rings is 1. The van der Waals surface area contributed by atoms with Crippen molar-refractivity contribution in [2.75, 3.05) is 4.90 Å². The van der Waals surface area contributed by atoms with Crippen molar-refractivity contribution in [1.82, 2.24) is 4.57 Å². The lowest BCUT2D eigenvalue weighted by molar-refractivity contribution is 0.673. The van der Waals surface area contributed by atoms with Crippen LogP contribution in [0.25, 0.3) is 82.5 Å². The number of nitrogens with zero attached hydrogens (tertiary/aromatic N) is 2. The summed E-state index contributed by atoms with van der Waals surface area (Å²) in [4.78, 5) is 2.32. The van der Waals surface area contributed by atoms with Gasteiger partial charge >= 0.3 is 0 Å². The van der Waals surface area contributed by atoms with Crippen molar-refractivity contribution < 1.29 is 4.42 Å². The number of hydrogen-bond donors (Lipinski definition) is 0. The average Bonchev–Trinajstić information content (AvgIpc) is 3.80. The Morgan fingerprint density at radius 3 is 1.64 bits per heavy atom. The molecule has 0 aliphatic heterocycles. The van der Waals surface area contributed by atoms with Gasteiger partial charge in [0, 0.05) is 49.6 Å². The summed E-state index contributed by atoms with van der Waals surface area (Å²) in [5.74, 6) is 0. The van der Waals surface area contributed by atoms with Crippen LogP contribution in [0.4, 0.5) is 17.1 Å². The van der Waals surface area contributed by atoms with Crippen molar-refractivity contribution in [2.24, 2.45) is 0 Å². The fourth-order valence-corrected chi connectivity index (χ4v) is 8.40. The third-order valence-electron chi connectivity index (χ3n) is 11.0. The second-order valence-electron chi connectivity index (χ2n) is 14.1. The van der Waals surface area contributed by atoms with Crippen LogP contribution < -0.4 is 4.90 Å². The van der Waals surface area contributed by atoms with Crippen LogP contribution in [0.15, 0.2) is 211 Å². The summed E-state index contributed by atoms with van der Waals surface area (Å²) >= 11 is 0. The molecule has 0 radical (unpaired) electrons. The topological polar surface area (TPSA) is 21.3 Å². The zero-order valence-electron chi connectivity index (χ0n) is 29.9. The van der Waals surface area contributed by atoms with Gasteiger partial charge in [0.15, 0.2) is 0 Å². The van der Waals surface area contributed by atoms with Crippen LogP contribution >= 0.6 is 0 Å². The molecule has 0 saturated carbocycles. The maximum atomic E-state index is 6.50. The molecule has 258 valence electrons. The van der Waals surface area contributed by atoms with Gasteiger partial charge in [-0.1, -0.05) is 133 Å². The summed E-state index contributed by atoms with van der Waals surface area (Å²) in [5.41, 5.74) is 13.3. The maximum Gasteiger partial charge on any atom is 0.143 e. The van der Waals surface area contributed by atoms with E-state index < -0.39 is 0 Å². The molecule has 0 bridgehead atoms. The van der Waals surface area contributed by atoms with E-state index in [2.05, 4.69) is 216 Å². The van der Waals surface area contributed by atoms with Gasteiger partial charge in [-0.15, -0.1) is 0 Å². The van der Waals surface area contributed by atoms with Gasteiger partial charge in [-0.25, -0.2) is 0 Å². The van der Waals surface area contributed by atoms with Gasteiger partial charge in [0.2, 0.25) is 0 Å². The summed E-state index contributed by atoms with van der Waals surface area (Å²) in [5, 5.41) is 7.14. The minimum absolute atomic E-state index is 0.902.